The number of sulfone groups is 1. The molecule has 0 aliphatic carbocycles. The van der Waals surface area contributed by atoms with Crippen molar-refractivity contribution in [2.24, 2.45) is 0 Å². The molecule has 1 fully saturated rings. The van der Waals surface area contributed by atoms with Gasteiger partial charge < -0.3 is 4.57 Å². The van der Waals surface area contributed by atoms with Crippen LogP contribution in [0.2, 0.25) is 0 Å². The Labute approximate surface area is 209 Å². The summed E-state index contributed by atoms with van der Waals surface area (Å²) in [5.74, 6) is 1.28. The Morgan fingerprint density at radius 3 is 2.64 bits per heavy atom. The standard InChI is InChI=1S/C27H26FN5O2S/c1-17-12-19(15-29-14-17)26-30-31-27-23-11-10-21(16-32(26)27)33(23)25(18-6-5-7-20(28)13-18)22-8-3-4-9-24(22)36(2,34)35/h3-9,12-15,21,23,25H,10-11,16H2,1-2H3. The molecule has 2 aliphatic rings. The second-order valence-electron chi connectivity index (χ2n) is 9.71. The number of nitrogens with zero attached hydrogens (tertiary/aromatic N) is 5. The van der Waals surface area contributed by atoms with Crippen LogP contribution in [0.3, 0.4) is 0 Å². The van der Waals surface area contributed by atoms with E-state index in [1.807, 2.05) is 31.3 Å². The minimum atomic E-state index is -3.51. The second kappa shape index (κ2) is 8.60. The van der Waals surface area contributed by atoms with Crippen molar-refractivity contribution >= 4 is 9.84 Å². The van der Waals surface area contributed by atoms with Gasteiger partial charge in [-0.3, -0.25) is 9.88 Å². The lowest BCUT2D eigenvalue weighted by Gasteiger charge is -2.41. The van der Waals surface area contributed by atoms with Crippen LogP contribution in [0, 0.1) is 12.7 Å². The molecule has 0 amide bonds. The van der Waals surface area contributed by atoms with Crippen molar-refractivity contribution in [2.75, 3.05) is 6.26 Å². The molecule has 7 nitrogen and oxygen atoms in total. The Hall–Kier alpha value is -3.43. The molecular formula is C27H26FN5O2S. The highest BCUT2D eigenvalue weighted by Gasteiger charge is 2.47. The van der Waals surface area contributed by atoms with Gasteiger partial charge in [0.2, 0.25) is 0 Å². The third-order valence-corrected chi connectivity index (χ3v) is 8.41. The molecule has 0 N–H and O–H groups in total. The van der Waals surface area contributed by atoms with Crippen molar-refractivity contribution in [1.82, 2.24) is 24.6 Å². The van der Waals surface area contributed by atoms with Crippen LogP contribution in [0.15, 0.2) is 71.9 Å². The Bertz CT molecular complexity index is 1570. The van der Waals surface area contributed by atoms with Crippen molar-refractivity contribution in [3.05, 3.63) is 95.3 Å². The molecule has 4 aromatic rings. The van der Waals surface area contributed by atoms with E-state index in [4.69, 9.17) is 0 Å². The molecule has 184 valence electrons. The van der Waals surface area contributed by atoms with Gasteiger partial charge in [0, 0.05) is 36.8 Å². The summed E-state index contributed by atoms with van der Waals surface area (Å²) in [4.78, 5) is 6.90. The van der Waals surface area contributed by atoms with Crippen LogP contribution in [0.1, 0.15) is 47.4 Å². The third-order valence-electron chi connectivity index (χ3n) is 7.23. The van der Waals surface area contributed by atoms with Gasteiger partial charge in [-0.2, -0.15) is 0 Å². The quantitative estimate of drug-likeness (QED) is 0.399. The van der Waals surface area contributed by atoms with Gasteiger partial charge in [0.25, 0.3) is 0 Å². The number of benzene rings is 2. The largest absolute Gasteiger partial charge is 0.308 e. The van der Waals surface area contributed by atoms with Crippen molar-refractivity contribution in [3.8, 4) is 11.4 Å². The van der Waals surface area contributed by atoms with Gasteiger partial charge in [0.15, 0.2) is 21.5 Å². The molecule has 2 bridgehead atoms. The maximum Gasteiger partial charge on any atom is 0.175 e. The molecule has 36 heavy (non-hydrogen) atoms. The first-order valence-corrected chi connectivity index (χ1v) is 13.9. The van der Waals surface area contributed by atoms with E-state index in [0.29, 0.717) is 12.1 Å². The summed E-state index contributed by atoms with van der Waals surface area (Å²) in [6, 6.07) is 15.1. The summed E-state index contributed by atoms with van der Waals surface area (Å²) in [7, 11) is -3.51. The van der Waals surface area contributed by atoms with Gasteiger partial charge in [-0.1, -0.05) is 30.3 Å². The number of hydrogen-bond donors (Lipinski definition) is 0. The number of aromatic nitrogens is 4. The molecule has 0 spiro atoms. The van der Waals surface area contributed by atoms with Gasteiger partial charge in [-0.15, -0.1) is 10.2 Å². The summed E-state index contributed by atoms with van der Waals surface area (Å²) < 4.78 is 42.2. The molecule has 9 heteroatoms. The molecule has 3 unspecified atom stereocenters. The molecule has 6 rings (SSSR count). The smallest absolute Gasteiger partial charge is 0.175 e. The van der Waals surface area contributed by atoms with Crippen molar-refractivity contribution in [2.45, 2.75) is 49.3 Å². The number of rotatable bonds is 5. The van der Waals surface area contributed by atoms with Crippen molar-refractivity contribution < 1.29 is 12.8 Å². The maximum absolute atomic E-state index is 14.4. The molecule has 2 aromatic heterocycles. The van der Waals surface area contributed by atoms with Gasteiger partial charge >= 0.3 is 0 Å². The fourth-order valence-electron chi connectivity index (χ4n) is 5.82. The van der Waals surface area contributed by atoms with Crippen LogP contribution in [0.25, 0.3) is 11.4 Å². The summed E-state index contributed by atoms with van der Waals surface area (Å²) in [6.45, 7) is 2.66. The fourth-order valence-corrected chi connectivity index (χ4v) is 6.75. The van der Waals surface area contributed by atoms with E-state index >= 15 is 0 Å². The second-order valence-corrected chi connectivity index (χ2v) is 11.7. The van der Waals surface area contributed by atoms with E-state index in [1.165, 1.54) is 18.4 Å². The van der Waals surface area contributed by atoms with Crippen LogP contribution < -0.4 is 0 Å². The van der Waals surface area contributed by atoms with Gasteiger partial charge in [0.1, 0.15) is 5.82 Å². The lowest BCUT2D eigenvalue weighted by molar-refractivity contribution is 0.106. The molecule has 2 aliphatic heterocycles. The summed E-state index contributed by atoms with van der Waals surface area (Å²) in [5.41, 5.74) is 3.34. The lowest BCUT2D eigenvalue weighted by Crippen LogP contribution is -2.43. The monoisotopic (exact) mass is 503 g/mol. The van der Waals surface area contributed by atoms with Gasteiger partial charge in [-0.05, 0) is 60.7 Å². The summed E-state index contributed by atoms with van der Waals surface area (Å²) in [6.07, 6.45) is 6.62. The lowest BCUT2D eigenvalue weighted by atomic mass is 9.94. The average molecular weight is 504 g/mol. The number of halogens is 1. The van der Waals surface area contributed by atoms with E-state index in [9.17, 15) is 12.8 Å². The van der Waals surface area contributed by atoms with Crippen molar-refractivity contribution in [3.63, 3.8) is 0 Å². The first-order valence-electron chi connectivity index (χ1n) is 12.0. The van der Waals surface area contributed by atoms with Gasteiger partial charge in [0.05, 0.1) is 17.0 Å². The molecular weight excluding hydrogens is 477 g/mol. The zero-order valence-electron chi connectivity index (χ0n) is 20.0. The fraction of sp³-hybridized carbons (Fsp3) is 0.296. The van der Waals surface area contributed by atoms with Crippen LogP contribution in [0.4, 0.5) is 4.39 Å². The Morgan fingerprint density at radius 2 is 1.86 bits per heavy atom. The van der Waals surface area contributed by atoms with E-state index in [2.05, 4.69) is 30.7 Å². The van der Waals surface area contributed by atoms with Crippen LogP contribution >= 0.6 is 0 Å². The van der Waals surface area contributed by atoms with E-state index in [-0.39, 0.29) is 22.8 Å². The zero-order valence-corrected chi connectivity index (χ0v) is 20.9. The third kappa shape index (κ3) is 3.83. The number of fused-ring (bicyclic) bond motifs is 4. The number of aryl methyl sites for hydroxylation is 1. The molecule has 4 heterocycles. The average Bonchev–Trinajstić information content (AvgIpc) is 3.40. The van der Waals surface area contributed by atoms with Crippen LogP contribution in [-0.4, -0.2) is 45.4 Å². The predicted molar refractivity (Wildman–Crippen MR) is 133 cm³/mol. The minimum Gasteiger partial charge on any atom is -0.308 e. The highest BCUT2D eigenvalue weighted by molar-refractivity contribution is 7.90. The van der Waals surface area contributed by atoms with Gasteiger partial charge in [-0.25, -0.2) is 12.8 Å². The van der Waals surface area contributed by atoms with E-state index in [1.54, 1.807) is 24.4 Å². The SMILES string of the molecule is Cc1cncc(-c2nnc3n2CC2CCC3N2C(c2cccc(F)c2)c2ccccc2S(C)(=O)=O)c1. The molecule has 2 aromatic carbocycles. The Morgan fingerprint density at radius 1 is 1.03 bits per heavy atom. The van der Waals surface area contributed by atoms with E-state index < -0.39 is 15.9 Å². The zero-order chi connectivity index (χ0) is 25.0. The predicted octanol–water partition coefficient (Wildman–Crippen LogP) is 4.50. The Balaban J connectivity index is 1.50. The highest BCUT2D eigenvalue weighted by atomic mass is 32.2. The van der Waals surface area contributed by atoms with Crippen LogP contribution in [0.5, 0.6) is 0 Å². The minimum absolute atomic E-state index is 0.0800. The number of pyridine rings is 1. The molecule has 0 radical (unpaired) electrons. The highest BCUT2D eigenvalue weighted by Crippen LogP contribution is 2.49. The Kier molecular flexibility index (Phi) is 5.49. The molecule has 1 saturated heterocycles. The molecule has 3 atom stereocenters. The van der Waals surface area contributed by atoms with Crippen molar-refractivity contribution in [1.29, 1.82) is 0 Å². The topological polar surface area (TPSA) is 81.0 Å². The van der Waals surface area contributed by atoms with E-state index in [0.717, 1.165) is 41.2 Å². The maximum atomic E-state index is 14.4. The van der Waals surface area contributed by atoms with Crippen LogP contribution in [-0.2, 0) is 16.4 Å². The summed E-state index contributed by atoms with van der Waals surface area (Å²) in [5, 5.41) is 9.13. The summed E-state index contributed by atoms with van der Waals surface area (Å²) >= 11 is 0. The molecule has 0 saturated carbocycles. The number of hydrogen-bond acceptors (Lipinski definition) is 6. The first-order chi connectivity index (χ1) is 17.3. The first kappa shape index (κ1) is 23.0. The normalized spacial score (nSPS) is 20.3.